The van der Waals surface area contributed by atoms with Gasteiger partial charge in [0.1, 0.15) is 12.2 Å². The molecular weight excluding hydrogens is 298 g/mol. The highest BCUT2D eigenvalue weighted by atomic mass is 32.2. The van der Waals surface area contributed by atoms with Crippen molar-refractivity contribution >= 4 is 21.9 Å². The first-order chi connectivity index (χ1) is 9.50. The van der Waals surface area contributed by atoms with E-state index in [1.54, 1.807) is 13.8 Å². The maximum Gasteiger partial charge on any atom is 0.352 e. The maximum absolute atomic E-state index is 11.8. The SMILES string of the molecule is CC(C)(CNC(=O)Cn1cccc1C(=O)O)NS(C)(=O)=O. The van der Waals surface area contributed by atoms with Crippen LogP contribution in [0.1, 0.15) is 24.3 Å². The maximum atomic E-state index is 11.8. The van der Waals surface area contributed by atoms with Gasteiger partial charge in [-0.25, -0.2) is 17.9 Å². The van der Waals surface area contributed by atoms with Crippen LogP contribution in [0.25, 0.3) is 0 Å². The van der Waals surface area contributed by atoms with Gasteiger partial charge in [-0.3, -0.25) is 4.79 Å². The van der Waals surface area contributed by atoms with Gasteiger partial charge in [-0.1, -0.05) is 0 Å². The van der Waals surface area contributed by atoms with Gasteiger partial charge in [0.15, 0.2) is 0 Å². The number of hydrogen-bond acceptors (Lipinski definition) is 4. The van der Waals surface area contributed by atoms with Crippen molar-refractivity contribution in [1.82, 2.24) is 14.6 Å². The molecule has 0 unspecified atom stereocenters. The third-order valence-electron chi connectivity index (χ3n) is 2.55. The topological polar surface area (TPSA) is 118 Å². The molecule has 0 saturated heterocycles. The molecule has 1 heterocycles. The van der Waals surface area contributed by atoms with Crippen molar-refractivity contribution < 1.29 is 23.1 Å². The Morgan fingerprint density at radius 1 is 1.38 bits per heavy atom. The number of carboxylic acids is 1. The molecule has 1 amide bonds. The summed E-state index contributed by atoms with van der Waals surface area (Å²) in [5, 5.41) is 11.5. The standard InChI is InChI=1S/C12H19N3O5S/c1-12(2,14-21(3,19)20)8-13-10(16)7-15-6-4-5-9(15)11(17)18/h4-6,14H,7-8H2,1-3H3,(H,13,16)(H,17,18). The molecule has 0 aliphatic rings. The Hall–Kier alpha value is -1.87. The largest absolute Gasteiger partial charge is 0.477 e. The second kappa shape index (κ2) is 6.27. The van der Waals surface area contributed by atoms with Crippen molar-refractivity contribution in [2.45, 2.75) is 25.9 Å². The van der Waals surface area contributed by atoms with Crippen molar-refractivity contribution in [1.29, 1.82) is 0 Å². The van der Waals surface area contributed by atoms with Crippen LogP contribution in [0, 0.1) is 0 Å². The van der Waals surface area contributed by atoms with Gasteiger partial charge in [-0.05, 0) is 26.0 Å². The Morgan fingerprint density at radius 3 is 2.52 bits per heavy atom. The highest BCUT2D eigenvalue weighted by Crippen LogP contribution is 2.04. The lowest BCUT2D eigenvalue weighted by Gasteiger charge is -2.25. The van der Waals surface area contributed by atoms with Crippen LogP contribution in [0.15, 0.2) is 18.3 Å². The van der Waals surface area contributed by atoms with Crippen LogP contribution in [-0.4, -0.2) is 48.3 Å². The molecule has 8 nitrogen and oxygen atoms in total. The van der Waals surface area contributed by atoms with Crippen LogP contribution in [0.3, 0.4) is 0 Å². The van der Waals surface area contributed by atoms with Crippen molar-refractivity contribution in [3.05, 3.63) is 24.0 Å². The van der Waals surface area contributed by atoms with E-state index in [1.807, 2.05) is 0 Å². The molecule has 0 bridgehead atoms. The molecule has 3 N–H and O–H groups in total. The van der Waals surface area contributed by atoms with Crippen molar-refractivity contribution in [2.24, 2.45) is 0 Å². The number of carboxylic acid groups (broad SMARTS) is 1. The highest BCUT2D eigenvalue weighted by Gasteiger charge is 2.23. The number of rotatable bonds is 7. The zero-order valence-electron chi connectivity index (χ0n) is 12.1. The summed E-state index contributed by atoms with van der Waals surface area (Å²) in [5.74, 6) is -1.52. The van der Waals surface area contributed by atoms with Crippen LogP contribution in [-0.2, 0) is 21.4 Å². The van der Waals surface area contributed by atoms with Crippen LogP contribution < -0.4 is 10.0 Å². The van der Waals surface area contributed by atoms with Crippen LogP contribution >= 0.6 is 0 Å². The minimum atomic E-state index is -3.38. The lowest BCUT2D eigenvalue weighted by molar-refractivity contribution is -0.121. The summed E-state index contributed by atoms with van der Waals surface area (Å²) < 4.78 is 26.0. The Balaban J connectivity index is 2.59. The van der Waals surface area contributed by atoms with Crippen LogP contribution in [0.2, 0.25) is 0 Å². The van der Waals surface area contributed by atoms with E-state index in [-0.39, 0.29) is 18.8 Å². The molecule has 1 rings (SSSR count). The molecule has 0 aliphatic heterocycles. The summed E-state index contributed by atoms with van der Waals surface area (Å²) >= 11 is 0. The van der Waals surface area contributed by atoms with E-state index >= 15 is 0 Å². The molecule has 21 heavy (non-hydrogen) atoms. The predicted octanol–water partition coefficient (Wildman–Crippen LogP) is -0.370. The summed E-state index contributed by atoms with van der Waals surface area (Å²) in [6.07, 6.45) is 2.53. The van der Waals surface area contributed by atoms with Gasteiger partial charge in [0, 0.05) is 18.3 Å². The molecule has 0 spiro atoms. The van der Waals surface area contributed by atoms with E-state index in [2.05, 4.69) is 10.0 Å². The second-order valence-corrected chi connectivity index (χ2v) is 7.11. The Morgan fingerprint density at radius 2 is 2.00 bits per heavy atom. The summed E-state index contributed by atoms with van der Waals surface area (Å²) in [6.45, 7) is 3.20. The molecule has 0 fully saturated rings. The fourth-order valence-electron chi connectivity index (χ4n) is 1.81. The van der Waals surface area contributed by atoms with Crippen LogP contribution in [0.5, 0.6) is 0 Å². The Labute approximate surface area is 123 Å². The van der Waals surface area contributed by atoms with Crippen molar-refractivity contribution in [3.63, 3.8) is 0 Å². The van der Waals surface area contributed by atoms with E-state index in [9.17, 15) is 18.0 Å². The van der Waals surface area contributed by atoms with Gasteiger partial charge in [0.25, 0.3) is 0 Å². The number of carbonyl (C=O) groups is 2. The molecule has 1 aromatic rings. The number of aromatic carboxylic acids is 1. The van der Waals surface area contributed by atoms with Gasteiger partial charge in [0.2, 0.25) is 15.9 Å². The monoisotopic (exact) mass is 317 g/mol. The summed E-state index contributed by atoms with van der Waals surface area (Å²) in [5.41, 5.74) is -0.825. The van der Waals surface area contributed by atoms with Gasteiger partial charge in [0.05, 0.1) is 6.26 Å². The predicted molar refractivity (Wildman–Crippen MR) is 76.5 cm³/mol. The average molecular weight is 317 g/mol. The minimum absolute atomic E-state index is 0.0127. The molecule has 118 valence electrons. The number of carbonyl (C=O) groups excluding carboxylic acids is 1. The van der Waals surface area contributed by atoms with E-state index in [4.69, 9.17) is 5.11 Å². The Kier molecular flexibility index (Phi) is 5.13. The van der Waals surface area contributed by atoms with Crippen molar-refractivity contribution in [3.8, 4) is 0 Å². The van der Waals surface area contributed by atoms with Gasteiger partial charge in [-0.15, -0.1) is 0 Å². The second-order valence-electron chi connectivity index (χ2n) is 5.36. The van der Waals surface area contributed by atoms with Crippen LogP contribution in [0.4, 0.5) is 0 Å². The number of nitrogens with one attached hydrogen (secondary N) is 2. The quantitative estimate of drug-likeness (QED) is 0.634. The Bertz CT molecular complexity index is 633. The minimum Gasteiger partial charge on any atom is -0.477 e. The normalized spacial score (nSPS) is 12.1. The molecule has 9 heteroatoms. The first kappa shape index (κ1) is 17.2. The summed E-state index contributed by atoms with van der Waals surface area (Å²) in [6, 6.07) is 2.93. The lowest BCUT2D eigenvalue weighted by atomic mass is 10.1. The third-order valence-corrected chi connectivity index (χ3v) is 3.48. The zero-order valence-corrected chi connectivity index (χ0v) is 12.9. The molecule has 0 aromatic carbocycles. The molecule has 0 saturated carbocycles. The van der Waals surface area contributed by atoms with Gasteiger partial charge in [-0.2, -0.15) is 0 Å². The molecule has 0 aliphatic carbocycles. The van der Waals surface area contributed by atoms with Gasteiger partial charge < -0.3 is 15.0 Å². The number of sulfonamides is 1. The number of hydrogen-bond donors (Lipinski definition) is 3. The van der Waals surface area contributed by atoms with E-state index in [1.165, 1.54) is 22.9 Å². The summed E-state index contributed by atoms with van der Waals surface area (Å²) in [7, 11) is -3.38. The van der Waals surface area contributed by atoms with Gasteiger partial charge >= 0.3 is 5.97 Å². The first-order valence-corrected chi connectivity index (χ1v) is 8.03. The first-order valence-electron chi connectivity index (χ1n) is 6.14. The highest BCUT2D eigenvalue weighted by molar-refractivity contribution is 7.88. The van der Waals surface area contributed by atoms with Crippen molar-refractivity contribution in [2.75, 3.05) is 12.8 Å². The molecule has 0 atom stereocenters. The zero-order chi connectivity index (χ0) is 16.3. The number of amides is 1. The smallest absolute Gasteiger partial charge is 0.352 e. The summed E-state index contributed by atoms with van der Waals surface area (Å²) in [4.78, 5) is 22.7. The fraction of sp³-hybridized carbons (Fsp3) is 0.500. The van der Waals surface area contributed by atoms with E-state index in [0.717, 1.165) is 6.26 Å². The third kappa shape index (κ3) is 5.96. The van der Waals surface area contributed by atoms with E-state index in [0.29, 0.717) is 0 Å². The number of aromatic nitrogens is 1. The molecular formula is C12H19N3O5S. The average Bonchev–Trinajstić information content (AvgIpc) is 2.71. The number of nitrogens with zero attached hydrogens (tertiary/aromatic N) is 1. The van der Waals surface area contributed by atoms with E-state index < -0.39 is 27.4 Å². The molecule has 1 aromatic heterocycles. The lowest BCUT2D eigenvalue weighted by Crippen LogP contribution is -2.51. The molecule has 0 radical (unpaired) electrons. The fourth-order valence-corrected chi connectivity index (χ4v) is 2.89.